The molecule has 5 nitrogen and oxygen atoms in total. The summed E-state index contributed by atoms with van der Waals surface area (Å²) in [6.45, 7) is 6.58. The average molecular weight is 357 g/mol. The Bertz CT molecular complexity index is 680. The van der Waals surface area contributed by atoms with Gasteiger partial charge in [0.2, 0.25) is 0 Å². The van der Waals surface area contributed by atoms with Crippen LogP contribution in [0.2, 0.25) is 0 Å². The van der Waals surface area contributed by atoms with Gasteiger partial charge in [0.15, 0.2) is 0 Å². The first-order valence-electron chi connectivity index (χ1n) is 7.98. The Morgan fingerprint density at radius 3 is 2.42 bits per heavy atom. The summed E-state index contributed by atoms with van der Waals surface area (Å²) in [5.74, 6) is -1.11. The van der Waals surface area contributed by atoms with Crippen LogP contribution in [-0.2, 0) is 31.6 Å². The molecule has 0 unspecified atom stereocenters. The Kier molecular flexibility index (Phi) is 5.65. The van der Waals surface area contributed by atoms with Gasteiger partial charge in [-0.1, -0.05) is 6.07 Å². The maximum atomic E-state index is 14.0. The minimum absolute atomic E-state index is 0.234. The lowest BCUT2D eigenvalue weighted by molar-refractivity contribution is -0.174. The number of benzene rings is 1. The van der Waals surface area contributed by atoms with Gasteiger partial charge in [0.05, 0.1) is 11.2 Å². The molecule has 1 saturated heterocycles. The van der Waals surface area contributed by atoms with E-state index in [9.17, 15) is 17.6 Å². The van der Waals surface area contributed by atoms with Crippen molar-refractivity contribution in [2.45, 2.75) is 45.0 Å². The third-order valence-corrected chi connectivity index (χ3v) is 4.73. The lowest BCUT2D eigenvalue weighted by Crippen LogP contribution is -2.45. The van der Waals surface area contributed by atoms with Crippen LogP contribution in [0.4, 0.5) is 4.39 Å². The fraction of sp³-hybridized carbons (Fsp3) is 0.588. The van der Waals surface area contributed by atoms with Crippen molar-refractivity contribution in [1.82, 2.24) is 5.32 Å². The van der Waals surface area contributed by atoms with Crippen LogP contribution in [0.3, 0.4) is 0 Å². The van der Waals surface area contributed by atoms with Crippen LogP contribution in [0, 0.1) is 11.2 Å². The number of nitrogens with one attached hydrogen (secondary N) is 1. The predicted octanol–water partition coefficient (Wildman–Crippen LogP) is 2.11. The third-order valence-electron chi connectivity index (χ3n) is 4.11. The van der Waals surface area contributed by atoms with Crippen LogP contribution in [0.1, 0.15) is 44.7 Å². The summed E-state index contributed by atoms with van der Waals surface area (Å²) in [7, 11) is -2.66. The molecule has 134 valence electrons. The van der Waals surface area contributed by atoms with Gasteiger partial charge >= 0.3 is 5.97 Å². The predicted molar refractivity (Wildman–Crippen MR) is 89.7 cm³/mol. The topological polar surface area (TPSA) is 72.5 Å². The highest BCUT2D eigenvalue weighted by Gasteiger charge is 2.40. The number of carbonyl (C=O) groups is 1. The summed E-state index contributed by atoms with van der Waals surface area (Å²) < 4.78 is 41.8. The number of hydrogen-bond donors (Lipinski definition) is 2. The Hall–Kier alpha value is -1.47. The van der Waals surface area contributed by atoms with Gasteiger partial charge < -0.3 is 10.1 Å². The van der Waals surface area contributed by atoms with Gasteiger partial charge in [0.25, 0.3) is 0 Å². The normalized spacial score (nSPS) is 17.7. The minimum atomic E-state index is -2.66. The molecule has 1 aromatic carbocycles. The number of rotatable bonds is 4. The fourth-order valence-electron chi connectivity index (χ4n) is 2.76. The molecule has 0 atom stereocenters. The van der Waals surface area contributed by atoms with Crippen LogP contribution in [0.25, 0.3) is 0 Å². The van der Waals surface area contributed by atoms with E-state index >= 15 is 0 Å². The summed E-state index contributed by atoms with van der Waals surface area (Å²) in [5.41, 5.74) is -0.716. The van der Waals surface area contributed by atoms with Crippen LogP contribution in [0.5, 0.6) is 0 Å². The molecule has 0 aromatic heterocycles. The lowest BCUT2D eigenvalue weighted by atomic mass is 9.83. The fourth-order valence-corrected chi connectivity index (χ4v) is 3.25. The van der Waals surface area contributed by atoms with Crippen molar-refractivity contribution in [3.05, 3.63) is 35.1 Å². The van der Waals surface area contributed by atoms with E-state index in [1.54, 1.807) is 26.8 Å². The first-order chi connectivity index (χ1) is 11.1. The van der Waals surface area contributed by atoms with Gasteiger partial charge in [-0.2, -0.15) is 0 Å². The van der Waals surface area contributed by atoms with Crippen molar-refractivity contribution in [3.63, 3.8) is 0 Å². The molecule has 0 radical (unpaired) electrons. The number of ether oxygens (including phenoxy) is 1. The SMILES string of the molecule is CC(C)(C)C(=O)OC1(c2cc(F)cc(C[SH](=O)=O)c2)CCNCC1. The van der Waals surface area contributed by atoms with E-state index in [0.717, 1.165) is 0 Å². The van der Waals surface area contributed by atoms with Crippen molar-refractivity contribution in [1.29, 1.82) is 0 Å². The van der Waals surface area contributed by atoms with Crippen LogP contribution < -0.4 is 5.32 Å². The largest absolute Gasteiger partial charge is 0.454 e. The summed E-state index contributed by atoms with van der Waals surface area (Å²) in [6, 6.07) is 4.17. The van der Waals surface area contributed by atoms with Gasteiger partial charge in [0, 0.05) is 12.8 Å². The zero-order chi connectivity index (χ0) is 18.0. The molecule has 2 rings (SSSR count). The molecular weight excluding hydrogens is 333 g/mol. The molecule has 1 aliphatic heterocycles. The molecule has 1 aliphatic rings. The molecule has 0 spiro atoms. The van der Waals surface area contributed by atoms with E-state index in [1.165, 1.54) is 12.1 Å². The third kappa shape index (κ3) is 4.54. The summed E-state index contributed by atoms with van der Waals surface area (Å²) in [5, 5.41) is 3.20. The summed E-state index contributed by atoms with van der Waals surface area (Å²) >= 11 is 0. The van der Waals surface area contributed by atoms with Gasteiger partial charge in [-0.3, -0.25) is 4.79 Å². The molecule has 1 heterocycles. The lowest BCUT2D eigenvalue weighted by Gasteiger charge is -2.39. The van der Waals surface area contributed by atoms with E-state index in [4.69, 9.17) is 4.74 Å². The molecule has 0 amide bonds. The standard InChI is InChI=1S/C17H24FNO4S/c1-16(2,3)15(20)23-17(4-6-19-7-5-17)13-8-12(11-24(21)22)9-14(18)10-13/h8-10,19,24H,4-7,11H2,1-3H3. The molecule has 0 aliphatic carbocycles. The number of hydrogen-bond acceptors (Lipinski definition) is 5. The highest BCUT2D eigenvalue weighted by molar-refractivity contribution is 7.71. The second kappa shape index (κ2) is 7.19. The Morgan fingerprint density at radius 1 is 1.25 bits per heavy atom. The van der Waals surface area contributed by atoms with Crippen molar-refractivity contribution in [2.75, 3.05) is 13.1 Å². The van der Waals surface area contributed by atoms with Gasteiger partial charge in [0.1, 0.15) is 22.1 Å². The molecular formula is C17H24FNO4S. The van der Waals surface area contributed by atoms with Crippen LogP contribution in [0.15, 0.2) is 18.2 Å². The Balaban J connectivity index is 2.44. The number of piperidine rings is 1. The van der Waals surface area contributed by atoms with E-state index < -0.39 is 27.5 Å². The highest BCUT2D eigenvalue weighted by Crippen LogP contribution is 2.38. The Labute approximate surface area is 143 Å². The van der Waals surface area contributed by atoms with Crippen LogP contribution in [-0.4, -0.2) is 27.5 Å². The van der Waals surface area contributed by atoms with Crippen molar-refractivity contribution < 1.29 is 22.3 Å². The number of carbonyl (C=O) groups excluding carboxylic acids is 1. The van der Waals surface area contributed by atoms with Crippen molar-refractivity contribution >= 4 is 16.7 Å². The smallest absolute Gasteiger partial charge is 0.312 e. The van der Waals surface area contributed by atoms with Gasteiger partial charge in [-0.25, -0.2) is 12.8 Å². The zero-order valence-electron chi connectivity index (χ0n) is 14.2. The quantitative estimate of drug-likeness (QED) is 0.638. The van der Waals surface area contributed by atoms with Gasteiger partial charge in [-0.05, 0) is 57.1 Å². The maximum absolute atomic E-state index is 14.0. The monoisotopic (exact) mass is 357 g/mol. The molecule has 1 fully saturated rings. The molecule has 0 bridgehead atoms. The van der Waals surface area contributed by atoms with Crippen molar-refractivity contribution in [2.24, 2.45) is 5.41 Å². The highest BCUT2D eigenvalue weighted by atomic mass is 32.2. The maximum Gasteiger partial charge on any atom is 0.312 e. The van der Waals surface area contributed by atoms with E-state index in [2.05, 4.69) is 5.32 Å². The van der Waals surface area contributed by atoms with E-state index in [1.807, 2.05) is 0 Å². The summed E-state index contributed by atoms with van der Waals surface area (Å²) in [6.07, 6.45) is 1.03. The van der Waals surface area contributed by atoms with E-state index in [-0.39, 0.29) is 11.7 Å². The first kappa shape index (κ1) is 18.9. The number of esters is 1. The molecule has 7 heteroatoms. The van der Waals surface area contributed by atoms with Crippen LogP contribution >= 0.6 is 0 Å². The molecule has 0 saturated carbocycles. The molecule has 1 aromatic rings. The number of halogens is 1. The second-order valence-corrected chi connectivity index (χ2v) is 8.20. The zero-order valence-corrected chi connectivity index (χ0v) is 15.1. The molecule has 24 heavy (non-hydrogen) atoms. The first-order valence-corrected chi connectivity index (χ1v) is 9.35. The summed E-state index contributed by atoms with van der Waals surface area (Å²) in [4.78, 5) is 12.4. The van der Waals surface area contributed by atoms with E-state index in [0.29, 0.717) is 37.1 Å². The Morgan fingerprint density at radius 2 is 1.88 bits per heavy atom. The average Bonchev–Trinajstić information content (AvgIpc) is 2.45. The molecule has 1 N–H and O–H groups in total. The second-order valence-electron chi connectivity index (χ2n) is 7.22. The van der Waals surface area contributed by atoms with Gasteiger partial charge in [-0.15, -0.1) is 0 Å². The minimum Gasteiger partial charge on any atom is -0.454 e. The van der Waals surface area contributed by atoms with Crippen molar-refractivity contribution in [3.8, 4) is 0 Å². The number of thiol groups is 1.